The summed E-state index contributed by atoms with van der Waals surface area (Å²) in [5.74, 6) is -1.68. The lowest BCUT2D eigenvalue weighted by atomic mass is 10.00. The van der Waals surface area contributed by atoms with Crippen LogP contribution in [0.2, 0.25) is 5.02 Å². The smallest absolute Gasteiger partial charge is 0.159 e. The van der Waals surface area contributed by atoms with Crippen LogP contribution in [0.5, 0.6) is 0 Å². The van der Waals surface area contributed by atoms with E-state index in [1.165, 1.54) is 6.07 Å². The third-order valence-electron chi connectivity index (χ3n) is 5.56. The topological polar surface area (TPSA) is 56.3 Å². The molecule has 3 aromatic carbocycles. The molecule has 7 heteroatoms. The second-order valence-corrected chi connectivity index (χ2v) is 8.04. The van der Waals surface area contributed by atoms with Gasteiger partial charge in [0.05, 0.1) is 28.4 Å². The standard InChI is InChI=1S/C24H21ClF2N4/c25-20-11-16(13-28)2-8-23(20)31-10-9-30(14-17-1-7-21(26)22(27)12-17)15-24(31)18-3-5-19(29)6-4-18/h1-8,11-12,24H,9-10,14-15,29H2. The van der Waals surface area contributed by atoms with Gasteiger partial charge in [-0.1, -0.05) is 29.8 Å². The number of nitriles is 1. The number of rotatable bonds is 4. The summed E-state index contributed by atoms with van der Waals surface area (Å²) in [6, 6.07) is 19.1. The number of hydrogen-bond donors (Lipinski definition) is 1. The number of piperazine rings is 1. The maximum absolute atomic E-state index is 13.7. The predicted octanol–water partition coefficient (Wildman–Crippen LogP) is 5.14. The Labute approximate surface area is 185 Å². The number of halogens is 3. The molecule has 1 saturated heterocycles. The Hall–Kier alpha value is -3.14. The fourth-order valence-electron chi connectivity index (χ4n) is 3.98. The number of nitrogen functional groups attached to an aromatic ring is 1. The molecule has 0 spiro atoms. The van der Waals surface area contributed by atoms with Gasteiger partial charge in [-0.3, -0.25) is 4.90 Å². The number of hydrogen-bond acceptors (Lipinski definition) is 4. The van der Waals surface area contributed by atoms with E-state index in [9.17, 15) is 8.78 Å². The third kappa shape index (κ3) is 4.63. The lowest BCUT2D eigenvalue weighted by Crippen LogP contribution is -2.48. The van der Waals surface area contributed by atoms with Crippen LogP contribution >= 0.6 is 11.6 Å². The lowest BCUT2D eigenvalue weighted by Gasteiger charge is -2.43. The molecule has 158 valence electrons. The molecule has 1 aliphatic rings. The highest BCUT2D eigenvalue weighted by Crippen LogP contribution is 2.36. The van der Waals surface area contributed by atoms with Gasteiger partial charge in [0.25, 0.3) is 0 Å². The molecule has 1 heterocycles. The van der Waals surface area contributed by atoms with Crippen molar-refractivity contribution in [3.05, 3.63) is 94.0 Å². The minimum absolute atomic E-state index is 0.0231. The van der Waals surface area contributed by atoms with Gasteiger partial charge >= 0.3 is 0 Å². The third-order valence-corrected chi connectivity index (χ3v) is 5.86. The van der Waals surface area contributed by atoms with Crippen LogP contribution in [0.4, 0.5) is 20.2 Å². The SMILES string of the molecule is N#Cc1ccc(N2CCN(Cc3ccc(F)c(F)c3)CC2c2ccc(N)cc2)c(Cl)c1. The van der Waals surface area contributed by atoms with Crippen molar-refractivity contribution in [2.45, 2.75) is 12.6 Å². The minimum atomic E-state index is -0.844. The molecule has 3 aromatic rings. The first kappa shape index (κ1) is 21.1. The molecule has 4 nitrogen and oxygen atoms in total. The highest BCUT2D eigenvalue weighted by Gasteiger charge is 2.30. The van der Waals surface area contributed by atoms with Gasteiger partial charge in [-0.25, -0.2) is 8.78 Å². The van der Waals surface area contributed by atoms with Crippen LogP contribution < -0.4 is 10.6 Å². The molecule has 0 radical (unpaired) electrons. The molecule has 0 bridgehead atoms. The van der Waals surface area contributed by atoms with Gasteiger partial charge in [-0.2, -0.15) is 5.26 Å². The van der Waals surface area contributed by atoms with Crippen LogP contribution in [0.3, 0.4) is 0 Å². The fraction of sp³-hybridized carbons (Fsp3) is 0.208. The molecule has 0 saturated carbocycles. The van der Waals surface area contributed by atoms with Crippen LogP contribution in [-0.2, 0) is 6.54 Å². The van der Waals surface area contributed by atoms with Gasteiger partial charge in [-0.15, -0.1) is 0 Å². The van der Waals surface area contributed by atoms with E-state index in [2.05, 4.69) is 15.9 Å². The van der Waals surface area contributed by atoms with Crippen LogP contribution in [-0.4, -0.2) is 24.5 Å². The normalized spacial score (nSPS) is 16.8. The first-order chi connectivity index (χ1) is 14.9. The first-order valence-electron chi connectivity index (χ1n) is 9.92. The average Bonchev–Trinajstić information content (AvgIpc) is 2.77. The Morgan fingerprint density at radius 3 is 2.45 bits per heavy atom. The van der Waals surface area contributed by atoms with Gasteiger partial charge in [0.2, 0.25) is 0 Å². The van der Waals surface area contributed by atoms with E-state index in [1.807, 2.05) is 30.3 Å². The van der Waals surface area contributed by atoms with Gasteiger partial charge in [-0.05, 0) is 53.6 Å². The molecule has 0 aliphatic carbocycles. The van der Waals surface area contributed by atoms with E-state index in [0.29, 0.717) is 35.9 Å². The van der Waals surface area contributed by atoms with Crippen molar-refractivity contribution in [1.29, 1.82) is 5.26 Å². The van der Waals surface area contributed by atoms with Gasteiger partial charge in [0.15, 0.2) is 11.6 Å². The van der Waals surface area contributed by atoms with E-state index in [4.69, 9.17) is 22.6 Å². The predicted molar refractivity (Wildman–Crippen MR) is 119 cm³/mol. The summed E-state index contributed by atoms with van der Waals surface area (Å²) in [4.78, 5) is 4.43. The monoisotopic (exact) mass is 438 g/mol. The molecule has 0 aromatic heterocycles. The average molecular weight is 439 g/mol. The lowest BCUT2D eigenvalue weighted by molar-refractivity contribution is 0.215. The van der Waals surface area contributed by atoms with Crippen molar-refractivity contribution in [1.82, 2.24) is 4.90 Å². The van der Waals surface area contributed by atoms with Crippen molar-refractivity contribution >= 4 is 23.0 Å². The zero-order valence-electron chi connectivity index (χ0n) is 16.7. The van der Waals surface area contributed by atoms with Crippen molar-refractivity contribution in [3.63, 3.8) is 0 Å². The molecule has 2 N–H and O–H groups in total. The van der Waals surface area contributed by atoms with E-state index in [1.54, 1.807) is 18.2 Å². The van der Waals surface area contributed by atoms with Gasteiger partial charge in [0, 0.05) is 31.9 Å². The number of anilines is 2. The summed E-state index contributed by atoms with van der Waals surface area (Å²) in [7, 11) is 0. The van der Waals surface area contributed by atoms with Crippen LogP contribution in [0.15, 0.2) is 60.7 Å². The highest BCUT2D eigenvalue weighted by molar-refractivity contribution is 6.33. The highest BCUT2D eigenvalue weighted by atomic mass is 35.5. The summed E-state index contributed by atoms with van der Waals surface area (Å²) in [5.41, 5.74) is 9.71. The molecule has 1 atom stereocenters. The van der Waals surface area contributed by atoms with E-state index in [0.717, 1.165) is 29.4 Å². The van der Waals surface area contributed by atoms with E-state index < -0.39 is 11.6 Å². The molecule has 1 fully saturated rings. The van der Waals surface area contributed by atoms with Crippen molar-refractivity contribution in [3.8, 4) is 6.07 Å². The Morgan fingerprint density at radius 2 is 1.77 bits per heavy atom. The second-order valence-electron chi connectivity index (χ2n) is 7.64. The summed E-state index contributed by atoms with van der Waals surface area (Å²) >= 11 is 6.51. The van der Waals surface area contributed by atoms with Crippen molar-refractivity contribution in [2.75, 3.05) is 30.3 Å². The summed E-state index contributed by atoms with van der Waals surface area (Å²) < 4.78 is 26.9. The molecular weight excluding hydrogens is 418 g/mol. The summed E-state index contributed by atoms with van der Waals surface area (Å²) in [6.45, 7) is 2.59. The summed E-state index contributed by atoms with van der Waals surface area (Å²) in [6.07, 6.45) is 0. The Balaban J connectivity index is 1.63. The van der Waals surface area contributed by atoms with Gasteiger partial charge < -0.3 is 10.6 Å². The molecule has 1 aliphatic heterocycles. The minimum Gasteiger partial charge on any atom is -0.399 e. The zero-order chi connectivity index (χ0) is 22.0. The molecule has 0 amide bonds. The maximum Gasteiger partial charge on any atom is 0.159 e. The Kier molecular flexibility index (Phi) is 6.08. The Bertz CT molecular complexity index is 1130. The molecular formula is C24H21ClF2N4. The second kappa shape index (κ2) is 8.93. The number of nitrogens with two attached hydrogens (primary N) is 1. The number of benzene rings is 3. The number of nitrogens with zero attached hydrogens (tertiary/aromatic N) is 3. The molecule has 1 unspecified atom stereocenters. The quantitative estimate of drug-likeness (QED) is 0.573. The van der Waals surface area contributed by atoms with E-state index in [-0.39, 0.29) is 6.04 Å². The molecule has 4 rings (SSSR count). The van der Waals surface area contributed by atoms with E-state index >= 15 is 0 Å². The van der Waals surface area contributed by atoms with Crippen LogP contribution in [0.25, 0.3) is 0 Å². The van der Waals surface area contributed by atoms with Crippen LogP contribution in [0.1, 0.15) is 22.7 Å². The largest absolute Gasteiger partial charge is 0.399 e. The van der Waals surface area contributed by atoms with Gasteiger partial charge in [0.1, 0.15) is 0 Å². The first-order valence-corrected chi connectivity index (χ1v) is 10.3. The Morgan fingerprint density at radius 1 is 1.00 bits per heavy atom. The maximum atomic E-state index is 13.7. The fourth-order valence-corrected chi connectivity index (χ4v) is 4.27. The zero-order valence-corrected chi connectivity index (χ0v) is 17.5. The van der Waals surface area contributed by atoms with Crippen molar-refractivity contribution in [2.24, 2.45) is 0 Å². The van der Waals surface area contributed by atoms with Crippen LogP contribution in [0, 0.1) is 23.0 Å². The van der Waals surface area contributed by atoms with Crippen molar-refractivity contribution < 1.29 is 8.78 Å². The summed E-state index contributed by atoms with van der Waals surface area (Å²) in [5, 5.41) is 9.66. The molecule has 31 heavy (non-hydrogen) atoms.